The molecule has 0 amide bonds. The summed E-state index contributed by atoms with van der Waals surface area (Å²) in [5.74, 6) is 2.47. The molecule has 0 bridgehead atoms. The highest BCUT2D eigenvalue weighted by molar-refractivity contribution is 5.34. The van der Waals surface area contributed by atoms with Crippen molar-refractivity contribution in [2.75, 3.05) is 13.1 Å². The first-order chi connectivity index (χ1) is 10.1. The Morgan fingerprint density at radius 1 is 0.857 bits per heavy atom. The van der Waals surface area contributed by atoms with Gasteiger partial charge in [-0.05, 0) is 72.9 Å². The molecule has 1 unspecified atom stereocenters. The average Bonchev–Trinajstić information content (AvgIpc) is 3.01. The molecule has 1 saturated heterocycles. The van der Waals surface area contributed by atoms with Crippen LogP contribution in [-0.2, 0) is 0 Å². The highest BCUT2D eigenvalue weighted by Gasteiger charge is 2.31. The largest absolute Gasteiger partial charge is 0.316 e. The number of rotatable bonds is 2. The van der Waals surface area contributed by atoms with Gasteiger partial charge in [0.05, 0.1) is 0 Å². The first kappa shape index (κ1) is 15.1. The minimum Gasteiger partial charge on any atom is -0.316 e. The Morgan fingerprint density at radius 2 is 1.48 bits per heavy atom. The van der Waals surface area contributed by atoms with Gasteiger partial charge in [-0.2, -0.15) is 0 Å². The molecule has 2 aliphatic rings. The van der Waals surface area contributed by atoms with Crippen LogP contribution < -0.4 is 5.32 Å². The van der Waals surface area contributed by atoms with Crippen molar-refractivity contribution in [3.8, 4) is 0 Å². The summed E-state index contributed by atoms with van der Waals surface area (Å²) in [7, 11) is 0. The summed E-state index contributed by atoms with van der Waals surface area (Å²) in [6.45, 7) is 9.60. The lowest BCUT2D eigenvalue weighted by atomic mass is 9.68. The molecule has 1 saturated carbocycles. The second-order valence-corrected chi connectivity index (χ2v) is 8.23. The Balaban J connectivity index is 1.73. The van der Waals surface area contributed by atoms with Gasteiger partial charge in [0.1, 0.15) is 0 Å². The maximum Gasteiger partial charge on any atom is 0.00207 e. The lowest BCUT2D eigenvalue weighted by Gasteiger charge is -2.37. The summed E-state index contributed by atoms with van der Waals surface area (Å²) in [5, 5.41) is 3.53. The number of benzene rings is 1. The Morgan fingerprint density at radius 3 is 2.00 bits per heavy atom. The topological polar surface area (TPSA) is 12.0 Å². The normalized spacial score (nSPS) is 30.5. The van der Waals surface area contributed by atoms with Crippen LogP contribution in [0.25, 0.3) is 0 Å². The molecule has 21 heavy (non-hydrogen) atoms. The summed E-state index contributed by atoms with van der Waals surface area (Å²) in [5.41, 5.74) is 3.79. The van der Waals surface area contributed by atoms with E-state index in [1.807, 2.05) is 0 Å². The van der Waals surface area contributed by atoms with E-state index in [4.69, 9.17) is 0 Å². The van der Waals surface area contributed by atoms with Crippen molar-refractivity contribution in [2.45, 2.75) is 64.7 Å². The van der Waals surface area contributed by atoms with E-state index < -0.39 is 0 Å². The van der Waals surface area contributed by atoms with E-state index in [2.05, 4.69) is 50.4 Å². The molecule has 1 heteroatoms. The van der Waals surface area contributed by atoms with Crippen LogP contribution in [0.4, 0.5) is 0 Å². The maximum atomic E-state index is 3.53. The number of nitrogens with one attached hydrogen (secondary N) is 1. The molecule has 0 aromatic heterocycles. The van der Waals surface area contributed by atoms with Crippen molar-refractivity contribution in [1.82, 2.24) is 5.32 Å². The summed E-state index contributed by atoms with van der Waals surface area (Å²) < 4.78 is 0. The van der Waals surface area contributed by atoms with Crippen molar-refractivity contribution in [1.29, 1.82) is 0 Å². The van der Waals surface area contributed by atoms with Gasteiger partial charge in [-0.25, -0.2) is 0 Å². The molecule has 1 aromatic carbocycles. The standard InChI is InChI=1S/C20H31N/c1-20(2,3)17-10-8-15(9-11-17)18-6-4-5-7-19(18)16-12-13-21-14-16/h4-7,15-17,21H,8-14H2,1-3H3. The zero-order valence-electron chi connectivity index (χ0n) is 14.0. The Labute approximate surface area is 130 Å². The van der Waals surface area contributed by atoms with Gasteiger partial charge in [0.25, 0.3) is 0 Å². The van der Waals surface area contributed by atoms with Gasteiger partial charge in [-0.1, -0.05) is 45.0 Å². The Bertz CT molecular complexity index is 457. The Hall–Kier alpha value is -0.820. The molecular weight excluding hydrogens is 254 g/mol. The Kier molecular flexibility index (Phi) is 4.40. The smallest absolute Gasteiger partial charge is 0.00207 e. The fourth-order valence-corrected chi connectivity index (χ4v) is 4.45. The molecule has 1 heterocycles. The van der Waals surface area contributed by atoms with E-state index >= 15 is 0 Å². The third kappa shape index (κ3) is 3.34. The lowest BCUT2D eigenvalue weighted by Crippen LogP contribution is -2.25. The van der Waals surface area contributed by atoms with Crippen molar-refractivity contribution in [3.05, 3.63) is 35.4 Å². The van der Waals surface area contributed by atoms with Gasteiger partial charge >= 0.3 is 0 Å². The SMILES string of the molecule is CC(C)(C)C1CCC(c2ccccc2C2CCNC2)CC1. The first-order valence-corrected chi connectivity index (χ1v) is 8.85. The molecule has 0 radical (unpaired) electrons. The van der Waals surface area contributed by atoms with Crippen LogP contribution in [0.15, 0.2) is 24.3 Å². The summed E-state index contributed by atoms with van der Waals surface area (Å²) in [4.78, 5) is 0. The molecule has 0 spiro atoms. The first-order valence-electron chi connectivity index (χ1n) is 8.85. The summed E-state index contributed by atoms with van der Waals surface area (Å²) in [6, 6.07) is 9.29. The van der Waals surface area contributed by atoms with Crippen molar-refractivity contribution < 1.29 is 0 Å². The van der Waals surface area contributed by atoms with Crippen LogP contribution in [0.3, 0.4) is 0 Å². The lowest BCUT2D eigenvalue weighted by molar-refractivity contribution is 0.169. The fourth-order valence-electron chi connectivity index (χ4n) is 4.45. The molecular formula is C20H31N. The van der Waals surface area contributed by atoms with Gasteiger partial charge in [0.2, 0.25) is 0 Å². The monoisotopic (exact) mass is 285 g/mol. The number of hydrogen-bond acceptors (Lipinski definition) is 1. The molecule has 1 aromatic rings. The molecule has 1 nitrogen and oxygen atoms in total. The predicted molar refractivity (Wildman–Crippen MR) is 90.8 cm³/mol. The summed E-state index contributed by atoms with van der Waals surface area (Å²) >= 11 is 0. The van der Waals surface area contributed by atoms with E-state index in [9.17, 15) is 0 Å². The molecule has 1 N–H and O–H groups in total. The maximum absolute atomic E-state index is 3.53. The van der Waals surface area contributed by atoms with E-state index in [1.165, 1.54) is 45.2 Å². The van der Waals surface area contributed by atoms with E-state index in [-0.39, 0.29) is 0 Å². The zero-order valence-corrected chi connectivity index (χ0v) is 14.0. The quantitative estimate of drug-likeness (QED) is 0.798. The zero-order chi connectivity index (χ0) is 14.9. The predicted octanol–water partition coefficient (Wildman–Crippen LogP) is 5.08. The second kappa shape index (κ2) is 6.12. The van der Waals surface area contributed by atoms with Gasteiger partial charge in [-0.15, -0.1) is 0 Å². The highest BCUT2D eigenvalue weighted by Crippen LogP contribution is 2.44. The van der Waals surface area contributed by atoms with Crippen LogP contribution >= 0.6 is 0 Å². The second-order valence-electron chi connectivity index (χ2n) is 8.23. The van der Waals surface area contributed by atoms with E-state index in [1.54, 1.807) is 11.1 Å². The molecule has 3 rings (SSSR count). The average molecular weight is 285 g/mol. The van der Waals surface area contributed by atoms with Crippen molar-refractivity contribution in [2.24, 2.45) is 11.3 Å². The van der Waals surface area contributed by atoms with Crippen molar-refractivity contribution >= 4 is 0 Å². The van der Waals surface area contributed by atoms with Gasteiger partial charge in [0.15, 0.2) is 0 Å². The van der Waals surface area contributed by atoms with Gasteiger partial charge in [-0.3, -0.25) is 0 Å². The van der Waals surface area contributed by atoms with E-state index in [0.29, 0.717) is 5.41 Å². The molecule has 116 valence electrons. The third-order valence-electron chi connectivity index (χ3n) is 5.89. The number of hydrogen-bond donors (Lipinski definition) is 1. The van der Waals surface area contributed by atoms with Gasteiger partial charge < -0.3 is 5.32 Å². The molecule has 1 aliphatic heterocycles. The van der Waals surface area contributed by atoms with Crippen LogP contribution in [0.2, 0.25) is 0 Å². The van der Waals surface area contributed by atoms with Crippen LogP contribution in [0.1, 0.15) is 75.8 Å². The summed E-state index contributed by atoms with van der Waals surface area (Å²) in [6.07, 6.45) is 6.91. The molecule has 2 fully saturated rings. The van der Waals surface area contributed by atoms with Gasteiger partial charge in [0, 0.05) is 6.54 Å². The van der Waals surface area contributed by atoms with Crippen LogP contribution in [-0.4, -0.2) is 13.1 Å². The van der Waals surface area contributed by atoms with Crippen LogP contribution in [0.5, 0.6) is 0 Å². The minimum atomic E-state index is 0.486. The molecule has 1 aliphatic carbocycles. The highest BCUT2D eigenvalue weighted by atomic mass is 14.9. The third-order valence-corrected chi connectivity index (χ3v) is 5.89. The minimum absolute atomic E-state index is 0.486. The molecule has 1 atom stereocenters. The van der Waals surface area contributed by atoms with E-state index in [0.717, 1.165) is 17.8 Å². The fraction of sp³-hybridized carbons (Fsp3) is 0.700. The van der Waals surface area contributed by atoms with Crippen LogP contribution in [0, 0.1) is 11.3 Å². The van der Waals surface area contributed by atoms with Crippen molar-refractivity contribution in [3.63, 3.8) is 0 Å².